The molecular weight excluding hydrogens is 444 g/mol. The number of pyridine rings is 1. The lowest BCUT2D eigenvalue weighted by Crippen LogP contribution is -2.25. The molecule has 0 saturated heterocycles. The summed E-state index contributed by atoms with van der Waals surface area (Å²) in [4.78, 5) is 36.2. The minimum atomic E-state index is -1.14. The molecule has 7 heteroatoms. The van der Waals surface area contributed by atoms with E-state index in [2.05, 4.69) is 37.3 Å². The van der Waals surface area contributed by atoms with E-state index < -0.39 is 24.3 Å². The van der Waals surface area contributed by atoms with E-state index in [0.29, 0.717) is 23.9 Å². The second-order valence-electron chi connectivity index (χ2n) is 8.94. The normalized spacial score (nSPS) is 17.3. The predicted molar refractivity (Wildman–Crippen MR) is 133 cm³/mol. The van der Waals surface area contributed by atoms with Crippen LogP contribution in [0.2, 0.25) is 0 Å². The number of nitrogens with two attached hydrogens (primary N) is 1. The van der Waals surface area contributed by atoms with E-state index in [1.165, 1.54) is 5.57 Å². The van der Waals surface area contributed by atoms with E-state index >= 15 is 0 Å². The number of primary amides is 1. The Kier molecular flexibility index (Phi) is 6.60. The molecular formula is C28H28N2O5. The number of carboxylic acid groups (broad SMARTS) is 1. The number of allylic oxidation sites excluding steroid dienone is 4. The van der Waals surface area contributed by atoms with Gasteiger partial charge in [0.25, 0.3) is 11.7 Å². The number of fused-ring (bicyclic) bond motifs is 1. The SMILES string of the molecule is CCc1c(C(=O)C(N)=O)c2c(OCC(=O)O)cccn2c1CC1(C)CC=CC=C1c1ccccc1. The van der Waals surface area contributed by atoms with Crippen LogP contribution in [0.15, 0.2) is 66.9 Å². The molecule has 0 radical (unpaired) electrons. The first-order chi connectivity index (χ1) is 16.8. The minimum absolute atomic E-state index is 0.177. The zero-order chi connectivity index (χ0) is 25.2. The number of ether oxygens (including phenoxy) is 1. The molecule has 1 amide bonds. The smallest absolute Gasteiger partial charge is 0.341 e. The highest BCUT2D eigenvalue weighted by Crippen LogP contribution is 2.45. The third-order valence-electron chi connectivity index (χ3n) is 6.55. The van der Waals surface area contributed by atoms with E-state index in [-0.39, 0.29) is 16.7 Å². The second-order valence-corrected chi connectivity index (χ2v) is 8.94. The molecule has 2 aromatic heterocycles. The predicted octanol–water partition coefficient (Wildman–Crippen LogP) is 4.23. The van der Waals surface area contributed by atoms with Crippen LogP contribution >= 0.6 is 0 Å². The molecule has 0 spiro atoms. The van der Waals surface area contributed by atoms with E-state index in [1.807, 2.05) is 35.7 Å². The van der Waals surface area contributed by atoms with Crippen molar-refractivity contribution in [3.63, 3.8) is 0 Å². The highest BCUT2D eigenvalue weighted by atomic mass is 16.5. The summed E-state index contributed by atoms with van der Waals surface area (Å²) in [5.74, 6) is -2.81. The molecule has 4 rings (SSSR count). The number of hydrogen-bond donors (Lipinski definition) is 2. The van der Waals surface area contributed by atoms with Gasteiger partial charge in [0.2, 0.25) is 0 Å². The molecule has 0 fully saturated rings. The quantitative estimate of drug-likeness (QED) is 0.358. The number of carbonyl (C=O) groups excluding carboxylic acids is 2. The topological polar surface area (TPSA) is 111 Å². The van der Waals surface area contributed by atoms with E-state index in [9.17, 15) is 14.4 Å². The number of aromatic nitrogens is 1. The van der Waals surface area contributed by atoms with Crippen LogP contribution in [-0.2, 0) is 22.4 Å². The zero-order valence-electron chi connectivity index (χ0n) is 19.8. The molecule has 7 nitrogen and oxygen atoms in total. The number of carbonyl (C=O) groups is 3. The fourth-order valence-corrected chi connectivity index (χ4v) is 4.99. The van der Waals surface area contributed by atoms with Crippen LogP contribution in [-0.4, -0.2) is 33.8 Å². The fourth-order valence-electron chi connectivity index (χ4n) is 4.99. The number of nitrogens with zero attached hydrogens (tertiary/aromatic N) is 1. The molecule has 180 valence electrons. The highest BCUT2D eigenvalue weighted by Gasteiger charge is 2.35. The number of hydrogen-bond acceptors (Lipinski definition) is 4. The van der Waals surface area contributed by atoms with Crippen molar-refractivity contribution in [1.29, 1.82) is 0 Å². The number of aliphatic carboxylic acids is 1. The van der Waals surface area contributed by atoms with Crippen molar-refractivity contribution < 1.29 is 24.2 Å². The molecule has 3 N–H and O–H groups in total. The van der Waals surface area contributed by atoms with Crippen LogP contribution < -0.4 is 10.5 Å². The van der Waals surface area contributed by atoms with Gasteiger partial charge in [-0.3, -0.25) is 9.59 Å². The van der Waals surface area contributed by atoms with Gasteiger partial charge in [0, 0.05) is 17.3 Å². The van der Waals surface area contributed by atoms with E-state index in [1.54, 1.807) is 12.1 Å². The lowest BCUT2D eigenvalue weighted by atomic mass is 9.70. The molecule has 2 heterocycles. The Morgan fingerprint density at radius 2 is 1.89 bits per heavy atom. The summed E-state index contributed by atoms with van der Waals surface area (Å²) in [7, 11) is 0. The van der Waals surface area contributed by atoms with Crippen LogP contribution in [0.5, 0.6) is 5.75 Å². The summed E-state index contributed by atoms with van der Waals surface area (Å²) in [6.07, 6.45) is 9.97. The summed E-state index contributed by atoms with van der Waals surface area (Å²) >= 11 is 0. The van der Waals surface area contributed by atoms with Gasteiger partial charge < -0.3 is 20.0 Å². The van der Waals surface area contributed by atoms with Crippen LogP contribution in [0.3, 0.4) is 0 Å². The lowest BCUT2D eigenvalue weighted by molar-refractivity contribution is -0.139. The molecule has 1 atom stereocenters. The van der Waals surface area contributed by atoms with Crippen molar-refractivity contribution in [3.8, 4) is 5.75 Å². The van der Waals surface area contributed by atoms with Gasteiger partial charge in [-0.15, -0.1) is 0 Å². The standard InChI is InChI=1S/C28H28N2O5/c1-3-19-21(16-28(2)14-8-7-12-20(28)18-10-5-4-6-11-18)30-15-9-13-22(35-17-23(31)32)25(30)24(19)26(33)27(29)34/h4-13,15H,3,14,16-17H2,1-2H3,(H2,29,34)(H,31,32). The first kappa shape index (κ1) is 24.0. The molecule has 3 aromatic rings. The maximum absolute atomic E-state index is 13.0. The molecule has 1 unspecified atom stereocenters. The fraction of sp³-hybridized carbons (Fsp3) is 0.250. The number of amides is 1. The van der Waals surface area contributed by atoms with Gasteiger partial charge in [-0.05, 0) is 48.1 Å². The summed E-state index contributed by atoms with van der Waals surface area (Å²) in [6.45, 7) is 3.54. The summed E-state index contributed by atoms with van der Waals surface area (Å²) < 4.78 is 7.37. The van der Waals surface area contributed by atoms with Gasteiger partial charge in [0.15, 0.2) is 6.61 Å². The Morgan fingerprint density at radius 1 is 1.14 bits per heavy atom. The third-order valence-corrected chi connectivity index (χ3v) is 6.55. The Morgan fingerprint density at radius 3 is 2.54 bits per heavy atom. The highest BCUT2D eigenvalue weighted by molar-refractivity contribution is 6.44. The van der Waals surface area contributed by atoms with Crippen molar-refractivity contribution >= 4 is 28.7 Å². The molecule has 0 aliphatic heterocycles. The zero-order valence-corrected chi connectivity index (χ0v) is 19.8. The molecule has 35 heavy (non-hydrogen) atoms. The maximum Gasteiger partial charge on any atom is 0.341 e. The van der Waals surface area contributed by atoms with Gasteiger partial charge in [-0.2, -0.15) is 0 Å². The maximum atomic E-state index is 13.0. The monoisotopic (exact) mass is 472 g/mol. The summed E-state index contributed by atoms with van der Waals surface area (Å²) in [6, 6.07) is 13.5. The molecule has 0 bridgehead atoms. The van der Waals surface area contributed by atoms with E-state index in [4.69, 9.17) is 15.6 Å². The molecule has 1 aliphatic rings. The van der Waals surface area contributed by atoms with E-state index in [0.717, 1.165) is 17.7 Å². The molecule has 0 saturated carbocycles. The van der Waals surface area contributed by atoms with Gasteiger partial charge in [0.05, 0.1) is 11.1 Å². The number of benzene rings is 1. The number of carboxylic acids is 1. The Balaban J connectivity index is 1.92. The Labute approximate surface area is 203 Å². The minimum Gasteiger partial charge on any atom is -0.480 e. The third kappa shape index (κ3) is 4.49. The number of rotatable bonds is 9. The van der Waals surface area contributed by atoms with Crippen LogP contribution in [0.25, 0.3) is 11.1 Å². The first-order valence-electron chi connectivity index (χ1n) is 11.5. The summed E-state index contributed by atoms with van der Waals surface area (Å²) in [5.41, 5.74) is 9.55. The Bertz CT molecular complexity index is 1370. The average molecular weight is 473 g/mol. The first-order valence-corrected chi connectivity index (χ1v) is 11.5. The second kappa shape index (κ2) is 9.62. The van der Waals surface area contributed by atoms with Crippen molar-refractivity contribution in [2.45, 2.75) is 33.1 Å². The molecule has 1 aliphatic carbocycles. The number of Topliss-reactive ketones (excluding diaryl/α,β-unsaturated/α-hetero) is 1. The van der Waals surface area contributed by atoms with Crippen molar-refractivity contribution in [2.24, 2.45) is 11.1 Å². The number of ketones is 1. The lowest BCUT2D eigenvalue weighted by Gasteiger charge is -2.34. The van der Waals surface area contributed by atoms with Crippen LogP contribution in [0, 0.1) is 5.41 Å². The van der Waals surface area contributed by atoms with Crippen molar-refractivity contribution in [2.75, 3.05) is 6.61 Å². The van der Waals surface area contributed by atoms with Gasteiger partial charge in [0.1, 0.15) is 5.75 Å². The largest absolute Gasteiger partial charge is 0.480 e. The van der Waals surface area contributed by atoms with Crippen molar-refractivity contribution in [3.05, 3.63) is 89.3 Å². The summed E-state index contributed by atoms with van der Waals surface area (Å²) in [5, 5.41) is 9.12. The molecule has 1 aromatic carbocycles. The van der Waals surface area contributed by atoms with Gasteiger partial charge >= 0.3 is 5.97 Å². The van der Waals surface area contributed by atoms with Crippen LogP contribution in [0.1, 0.15) is 47.4 Å². The Hall–Kier alpha value is -4.13. The van der Waals surface area contributed by atoms with Crippen molar-refractivity contribution in [1.82, 2.24) is 4.40 Å². The van der Waals surface area contributed by atoms with Gasteiger partial charge in [-0.25, -0.2) is 4.79 Å². The van der Waals surface area contributed by atoms with Crippen LogP contribution in [0.4, 0.5) is 0 Å². The van der Waals surface area contributed by atoms with Gasteiger partial charge in [-0.1, -0.05) is 62.4 Å². The average Bonchev–Trinajstić information content (AvgIpc) is 3.16.